The predicted octanol–water partition coefficient (Wildman–Crippen LogP) is 4.45. The van der Waals surface area contributed by atoms with Crippen molar-refractivity contribution in [3.8, 4) is 0 Å². The largest absolute Gasteiger partial charge is 0.466 e. The van der Waals surface area contributed by atoms with Gasteiger partial charge in [-0.1, -0.05) is 35.6 Å². The molecule has 1 aromatic heterocycles. The summed E-state index contributed by atoms with van der Waals surface area (Å²) >= 11 is 1.58. The Kier molecular flexibility index (Phi) is 4.57. The van der Waals surface area contributed by atoms with Crippen LogP contribution in [0.5, 0.6) is 0 Å². The van der Waals surface area contributed by atoms with Crippen LogP contribution in [-0.2, 0) is 16.0 Å². The van der Waals surface area contributed by atoms with E-state index in [1.54, 1.807) is 11.3 Å². The second-order valence-corrected chi connectivity index (χ2v) is 6.27. The van der Waals surface area contributed by atoms with Crippen LogP contribution in [0.1, 0.15) is 18.1 Å². The van der Waals surface area contributed by atoms with Crippen LogP contribution in [0.25, 0.3) is 10.2 Å². The standard InChI is InChI=1S/C18H18N2O2S/c1-3-22-17(21)11-13-8-9-15-16(10-13)23-18(20-15)19-14-7-5-4-6-12(14)2/h4-10H,3,11H2,1-2H3,(H,19,20). The SMILES string of the molecule is CCOC(=O)Cc1ccc2nc(Nc3ccccc3C)sc2c1. The van der Waals surface area contributed by atoms with Crippen molar-refractivity contribution < 1.29 is 9.53 Å². The van der Waals surface area contributed by atoms with Crippen LogP contribution >= 0.6 is 11.3 Å². The highest BCUT2D eigenvalue weighted by atomic mass is 32.1. The number of para-hydroxylation sites is 1. The molecule has 0 saturated carbocycles. The van der Waals surface area contributed by atoms with Crippen LogP contribution in [-0.4, -0.2) is 17.6 Å². The highest BCUT2D eigenvalue weighted by molar-refractivity contribution is 7.22. The molecule has 2 aromatic carbocycles. The minimum absolute atomic E-state index is 0.199. The molecule has 0 amide bonds. The Labute approximate surface area is 139 Å². The molecule has 5 heteroatoms. The van der Waals surface area contributed by atoms with Gasteiger partial charge >= 0.3 is 5.97 Å². The molecule has 0 saturated heterocycles. The third-order valence-electron chi connectivity index (χ3n) is 3.49. The summed E-state index contributed by atoms with van der Waals surface area (Å²) in [5.74, 6) is -0.199. The van der Waals surface area contributed by atoms with Crippen LogP contribution in [0.4, 0.5) is 10.8 Å². The molecular weight excluding hydrogens is 308 g/mol. The number of carbonyl (C=O) groups excluding carboxylic acids is 1. The first-order chi connectivity index (χ1) is 11.2. The summed E-state index contributed by atoms with van der Waals surface area (Å²) < 4.78 is 6.05. The Morgan fingerprint density at radius 2 is 2.09 bits per heavy atom. The topological polar surface area (TPSA) is 51.2 Å². The van der Waals surface area contributed by atoms with Gasteiger partial charge < -0.3 is 10.1 Å². The van der Waals surface area contributed by atoms with Gasteiger partial charge in [-0.25, -0.2) is 4.98 Å². The second-order valence-electron chi connectivity index (χ2n) is 5.24. The quantitative estimate of drug-likeness (QED) is 0.704. The highest BCUT2D eigenvalue weighted by Crippen LogP contribution is 2.30. The third kappa shape index (κ3) is 3.68. The van der Waals surface area contributed by atoms with Gasteiger partial charge in [0, 0.05) is 5.69 Å². The molecule has 118 valence electrons. The first kappa shape index (κ1) is 15.5. The van der Waals surface area contributed by atoms with E-state index in [4.69, 9.17) is 4.74 Å². The summed E-state index contributed by atoms with van der Waals surface area (Å²) in [6.45, 7) is 4.28. The van der Waals surface area contributed by atoms with Crippen LogP contribution in [0.15, 0.2) is 42.5 Å². The van der Waals surface area contributed by atoms with E-state index in [0.29, 0.717) is 13.0 Å². The molecule has 23 heavy (non-hydrogen) atoms. The highest BCUT2D eigenvalue weighted by Gasteiger charge is 2.09. The number of hydrogen-bond donors (Lipinski definition) is 1. The summed E-state index contributed by atoms with van der Waals surface area (Å²) in [4.78, 5) is 16.2. The van der Waals surface area contributed by atoms with E-state index in [2.05, 4.69) is 23.3 Å². The molecule has 0 aliphatic rings. The molecule has 0 aliphatic carbocycles. The van der Waals surface area contributed by atoms with Gasteiger partial charge in [-0.05, 0) is 43.2 Å². The molecule has 0 fully saturated rings. The fraction of sp³-hybridized carbons (Fsp3) is 0.222. The van der Waals surface area contributed by atoms with Gasteiger partial charge in [0.25, 0.3) is 0 Å². The lowest BCUT2D eigenvalue weighted by Crippen LogP contribution is -2.07. The lowest BCUT2D eigenvalue weighted by molar-refractivity contribution is -0.142. The van der Waals surface area contributed by atoms with E-state index in [1.807, 2.05) is 43.3 Å². The number of aryl methyl sites for hydroxylation is 1. The van der Waals surface area contributed by atoms with Gasteiger partial charge in [-0.2, -0.15) is 0 Å². The molecule has 4 nitrogen and oxygen atoms in total. The van der Waals surface area contributed by atoms with E-state index < -0.39 is 0 Å². The maximum absolute atomic E-state index is 11.6. The van der Waals surface area contributed by atoms with E-state index in [-0.39, 0.29) is 5.97 Å². The Morgan fingerprint density at radius 3 is 2.87 bits per heavy atom. The van der Waals surface area contributed by atoms with Crippen LogP contribution in [0.2, 0.25) is 0 Å². The zero-order valence-electron chi connectivity index (χ0n) is 13.1. The fourth-order valence-corrected chi connectivity index (χ4v) is 3.28. The zero-order chi connectivity index (χ0) is 16.2. The lowest BCUT2D eigenvalue weighted by Gasteiger charge is -2.04. The van der Waals surface area contributed by atoms with Gasteiger partial charge in [0.1, 0.15) is 0 Å². The van der Waals surface area contributed by atoms with Crippen molar-refractivity contribution in [1.82, 2.24) is 4.98 Å². The van der Waals surface area contributed by atoms with Crippen molar-refractivity contribution in [3.63, 3.8) is 0 Å². The van der Waals surface area contributed by atoms with Crippen molar-refractivity contribution in [2.45, 2.75) is 20.3 Å². The molecule has 0 spiro atoms. The molecule has 0 bridgehead atoms. The number of hydrogen-bond acceptors (Lipinski definition) is 5. The summed E-state index contributed by atoms with van der Waals surface area (Å²) in [6.07, 6.45) is 0.294. The number of nitrogens with one attached hydrogen (secondary N) is 1. The lowest BCUT2D eigenvalue weighted by atomic mass is 10.1. The van der Waals surface area contributed by atoms with Gasteiger partial charge in [-0.15, -0.1) is 0 Å². The number of benzene rings is 2. The van der Waals surface area contributed by atoms with E-state index in [9.17, 15) is 4.79 Å². The zero-order valence-corrected chi connectivity index (χ0v) is 13.9. The molecule has 1 heterocycles. The van der Waals surface area contributed by atoms with Crippen molar-refractivity contribution in [3.05, 3.63) is 53.6 Å². The number of fused-ring (bicyclic) bond motifs is 1. The van der Waals surface area contributed by atoms with Crippen molar-refractivity contribution in [2.24, 2.45) is 0 Å². The monoisotopic (exact) mass is 326 g/mol. The number of ether oxygens (including phenoxy) is 1. The normalized spacial score (nSPS) is 10.7. The average Bonchev–Trinajstić information content (AvgIpc) is 2.91. The number of thiazole rings is 1. The number of esters is 1. The van der Waals surface area contributed by atoms with Crippen LogP contribution < -0.4 is 5.32 Å². The molecule has 1 N–H and O–H groups in total. The average molecular weight is 326 g/mol. The van der Waals surface area contributed by atoms with Gasteiger partial charge in [-0.3, -0.25) is 4.79 Å². The molecule has 3 rings (SSSR count). The summed E-state index contributed by atoms with van der Waals surface area (Å²) in [5.41, 5.74) is 4.11. The maximum atomic E-state index is 11.6. The summed E-state index contributed by atoms with van der Waals surface area (Å²) in [6, 6.07) is 14.0. The summed E-state index contributed by atoms with van der Waals surface area (Å²) in [5, 5.41) is 4.21. The number of anilines is 2. The van der Waals surface area contributed by atoms with Crippen LogP contribution in [0.3, 0.4) is 0 Å². The molecule has 0 radical (unpaired) electrons. The van der Waals surface area contributed by atoms with Crippen LogP contribution in [0, 0.1) is 6.92 Å². The number of rotatable bonds is 5. The Bertz CT molecular complexity index is 842. The Morgan fingerprint density at radius 1 is 1.26 bits per heavy atom. The molecule has 0 atom stereocenters. The van der Waals surface area contributed by atoms with Gasteiger partial charge in [0.05, 0.1) is 23.2 Å². The number of aromatic nitrogens is 1. The third-order valence-corrected chi connectivity index (χ3v) is 4.43. The van der Waals surface area contributed by atoms with E-state index in [1.165, 1.54) is 5.56 Å². The van der Waals surface area contributed by atoms with E-state index >= 15 is 0 Å². The molecular formula is C18H18N2O2S. The minimum Gasteiger partial charge on any atom is -0.466 e. The van der Waals surface area contributed by atoms with Crippen molar-refractivity contribution in [1.29, 1.82) is 0 Å². The maximum Gasteiger partial charge on any atom is 0.310 e. The molecule has 0 unspecified atom stereocenters. The number of nitrogens with zero attached hydrogens (tertiary/aromatic N) is 1. The first-order valence-corrected chi connectivity index (χ1v) is 8.35. The Hall–Kier alpha value is -2.40. The molecule has 0 aliphatic heterocycles. The fourth-order valence-electron chi connectivity index (χ4n) is 2.34. The Balaban J connectivity index is 1.82. The van der Waals surface area contributed by atoms with Gasteiger partial charge in [0.2, 0.25) is 0 Å². The second kappa shape index (κ2) is 6.79. The van der Waals surface area contributed by atoms with Gasteiger partial charge in [0.15, 0.2) is 5.13 Å². The number of carbonyl (C=O) groups is 1. The summed E-state index contributed by atoms with van der Waals surface area (Å²) in [7, 11) is 0. The van der Waals surface area contributed by atoms with Crippen molar-refractivity contribution >= 4 is 38.3 Å². The first-order valence-electron chi connectivity index (χ1n) is 7.53. The predicted molar refractivity (Wildman–Crippen MR) is 94.4 cm³/mol. The van der Waals surface area contributed by atoms with E-state index in [0.717, 1.165) is 26.6 Å². The molecule has 3 aromatic rings. The minimum atomic E-state index is -0.199. The smallest absolute Gasteiger partial charge is 0.310 e. The van der Waals surface area contributed by atoms with Crippen molar-refractivity contribution in [2.75, 3.05) is 11.9 Å².